The van der Waals surface area contributed by atoms with E-state index in [1.54, 1.807) is 66.7 Å². The van der Waals surface area contributed by atoms with Crippen LogP contribution in [0.15, 0.2) is 107 Å². The first-order valence-corrected chi connectivity index (χ1v) is 12.9. The second-order valence-corrected chi connectivity index (χ2v) is 9.51. The number of hydrogen-bond acceptors (Lipinski definition) is 10. The Morgan fingerprint density at radius 3 is 1.90 bits per heavy atom. The van der Waals surface area contributed by atoms with E-state index in [4.69, 9.17) is 18.9 Å². The van der Waals surface area contributed by atoms with Crippen LogP contribution in [0.1, 0.15) is 44.2 Å². The van der Waals surface area contributed by atoms with Gasteiger partial charge in [-0.25, -0.2) is 19.2 Å². The molecule has 0 spiro atoms. The first-order chi connectivity index (χ1) is 20.3. The zero-order valence-corrected chi connectivity index (χ0v) is 22.2. The van der Waals surface area contributed by atoms with Crippen molar-refractivity contribution in [2.75, 3.05) is 6.61 Å². The molecular weight excluding hydrogens is 546 g/mol. The van der Waals surface area contributed by atoms with E-state index >= 15 is 0 Å². The van der Waals surface area contributed by atoms with E-state index in [0.717, 1.165) is 10.9 Å². The van der Waals surface area contributed by atoms with E-state index in [2.05, 4.69) is 10.1 Å². The second-order valence-electron chi connectivity index (χ2n) is 9.51. The minimum absolute atomic E-state index is 0.173. The number of esters is 3. The Kier molecular flexibility index (Phi) is 8.07. The van der Waals surface area contributed by atoms with Crippen molar-refractivity contribution in [3.8, 4) is 0 Å². The van der Waals surface area contributed by atoms with Crippen molar-refractivity contribution in [3.63, 3.8) is 0 Å². The average molecular weight is 572 g/mol. The smallest absolute Gasteiger partial charge is 0.347 e. The summed E-state index contributed by atoms with van der Waals surface area (Å²) in [4.78, 5) is 65.9. The molecule has 1 aliphatic heterocycles. The van der Waals surface area contributed by atoms with Crippen LogP contribution >= 0.6 is 0 Å². The van der Waals surface area contributed by atoms with Gasteiger partial charge < -0.3 is 18.9 Å². The number of H-pyrrole nitrogens is 1. The maximum Gasteiger partial charge on any atom is 0.347 e. The minimum Gasteiger partial charge on any atom is -0.459 e. The van der Waals surface area contributed by atoms with Gasteiger partial charge in [0.1, 0.15) is 18.9 Å². The highest BCUT2D eigenvalue weighted by Crippen LogP contribution is 2.43. The predicted octanol–water partition coefficient (Wildman–Crippen LogP) is 2.53. The van der Waals surface area contributed by atoms with Gasteiger partial charge in [0.05, 0.1) is 16.7 Å². The third-order valence-corrected chi connectivity index (χ3v) is 6.61. The molecule has 4 atom stereocenters. The van der Waals surface area contributed by atoms with Crippen LogP contribution in [0.2, 0.25) is 0 Å². The van der Waals surface area contributed by atoms with Gasteiger partial charge in [-0.1, -0.05) is 54.6 Å². The van der Waals surface area contributed by atoms with Crippen LogP contribution in [-0.2, 0) is 18.9 Å². The molecule has 4 aromatic rings. The van der Waals surface area contributed by atoms with E-state index < -0.39 is 59.8 Å². The molecular formula is C30H25N3O9. The quantitative estimate of drug-likeness (QED) is 0.246. The van der Waals surface area contributed by atoms with Gasteiger partial charge in [0.25, 0.3) is 5.56 Å². The lowest BCUT2D eigenvalue weighted by Gasteiger charge is -2.34. The van der Waals surface area contributed by atoms with Crippen molar-refractivity contribution < 1.29 is 33.3 Å². The molecule has 1 aliphatic rings. The molecule has 5 rings (SSSR count). The molecule has 42 heavy (non-hydrogen) atoms. The molecule has 0 amide bonds. The van der Waals surface area contributed by atoms with Gasteiger partial charge in [-0.3, -0.25) is 9.78 Å². The molecule has 0 bridgehead atoms. The Morgan fingerprint density at radius 2 is 1.36 bits per heavy atom. The van der Waals surface area contributed by atoms with E-state index in [9.17, 15) is 24.0 Å². The average Bonchev–Trinajstić information content (AvgIpc) is 3.27. The number of benzene rings is 3. The molecule has 0 saturated carbocycles. The Balaban J connectivity index is 1.54. The number of aromatic amines is 1. The molecule has 1 N–H and O–H groups in total. The number of nitrogens with one attached hydrogen (secondary N) is 1. The van der Waals surface area contributed by atoms with Crippen molar-refractivity contribution in [2.24, 2.45) is 0 Å². The van der Waals surface area contributed by atoms with Crippen molar-refractivity contribution in [1.29, 1.82) is 0 Å². The summed E-state index contributed by atoms with van der Waals surface area (Å²) in [5, 5.41) is 3.88. The van der Waals surface area contributed by atoms with Crippen LogP contribution in [0.25, 0.3) is 0 Å². The molecule has 12 nitrogen and oxygen atoms in total. The Bertz CT molecular complexity index is 1690. The number of rotatable bonds is 8. The third kappa shape index (κ3) is 5.88. The number of ether oxygens (including phenoxy) is 4. The molecule has 2 heterocycles. The molecule has 12 heteroatoms. The summed E-state index contributed by atoms with van der Waals surface area (Å²) in [6.07, 6.45) is -3.31. The number of aromatic nitrogens is 3. The van der Waals surface area contributed by atoms with Crippen molar-refractivity contribution in [2.45, 2.75) is 31.0 Å². The summed E-state index contributed by atoms with van der Waals surface area (Å²) in [7, 11) is 0. The van der Waals surface area contributed by atoms with E-state index in [0.29, 0.717) is 0 Å². The molecule has 0 aliphatic carbocycles. The molecule has 1 aromatic heterocycles. The maximum absolute atomic E-state index is 13.3. The first kappa shape index (κ1) is 28.2. The van der Waals surface area contributed by atoms with Crippen LogP contribution in [0.4, 0.5) is 0 Å². The van der Waals surface area contributed by atoms with Crippen molar-refractivity contribution >= 4 is 17.9 Å². The highest BCUT2D eigenvalue weighted by molar-refractivity contribution is 5.91. The SMILES string of the molecule is CC1(OC(=O)c2ccccc2)C(OC(=O)c2ccccc2)C(COC(=O)c2ccccc2)OC1n1ncc(=O)[nH]c1=O. The standard InChI is InChI=1S/C30H25N3O9/c1-30(42-27(37)21-15-9-4-10-16-21)24(41-26(36)20-13-7-3-8-14-20)22(18-39-25(35)19-11-5-2-6-12-19)40-28(30)33-29(38)32-23(34)17-31-33/h2-17,22,24,28H,18H2,1H3,(H,32,34,38). The number of hydrogen-bond donors (Lipinski definition) is 1. The largest absolute Gasteiger partial charge is 0.459 e. The zero-order chi connectivity index (χ0) is 29.7. The number of carbonyl (C=O) groups excluding carboxylic acids is 3. The highest BCUT2D eigenvalue weighted by Gasteiger charge is 2.61. The third-order valence-electron chi connectivity index (χ3n) is 6.61. The van der Waals surface area contributed by atoms with E-state index in [1.807, 2.05) is 0 Å². The van der Waals surface area contributed by atoms with Gasteiger partial charge in [0.2, 0.25) is 0 Å². The number of carbonyl (C=O) groups is 3. The topological polar surface area (TPSA) is 156 Å². The molecule has 214 valence electrons. The summed E-state index contributed by atoms with van der Waals surface area (Å²) >= 11 is 0. The van der Waals surface area contributed by atoms with Gasteiger partial charge in [-0.15, -0.1) is 0 Å². The lowest BCUT2D eigenvalue weighted by atomic mass is 9.95. The highest BCUT2D eigenvalue weighted by atomic mass is 16.7. The van der Waals surface area contributed by atoms with Gasteiger partial charge in [-0.2, -0.15) is 9.78 Å². The second kappa shape index (κ2) is 12.0. The summed E-state index contributed by atoms with van der Waals surface area (Å²) in [6, 6.07) is 24.3. The lowest BCUT2D eigenvalue weighted by Crippen LogP contribution is -2.52. The van der Waals surface area contributed by atoms with Gasteiger partial charge in [-0.05, 0) is 43.3 Å². The molecule has 0 radical (unpaired) electrons. The summed E-state index contributed by atoms with van der Waals surface area (Å²) in [5.74, 6) is -2.28. The summed E-state index contributed by atoms with van der Waals surface area (Å²) in [5.41, 5.74) is -3.01. The summed E-state index contributed by atoms with van der Waals surface area (Å²) in [6.45, 7) is 0.952. The normalized spacial score (nSPS) is 21.3. The maximum atomic E-state index is 13.3. The molecule has 1 saturated heterocycles. The number of nitrogens with zero attached hydrogens (tertiary/aromatic N) is 2. The Hall–Kier alpha value is -5.36. The van der Waals surface area contributed by atoms with Crippen LogP contribution in [-0.4, -0.2) is 57.1 Å². The van der Waals surface area contributed by atoms with Crippen molar-refractivity contribution in [3.05, 3.63) is 135 Å². The predicted molar refractivity (Wildman–Crippen MR) is 146 cm³/mol. The van der Waals surface area contributed by atoms with Crippen LogP contribution in [0.5, 0.6) is 0 Å². The van der Waals surface area contributed by atoms with E-state index in [1.165, 1.54) is 31.2 Å². The lowest BCUT2D eigenvalue weighted by molar-refractivity contribution is -0.116. The van der Waals surface area contributed by atoms with Crippen LogP contribution in [0, 0.1) is 0 Å². The zero-order valence-electron chi connectivity index (χ0n) is 22.2. The van der Waals surface area contributed by atoms with Gasteiger partial charge in [0, 0.05) is 0 Å². The van der Waals surface area contributed by atoms with Crippen LogP contribution < -0.4 is 11.2 Å². The molecule has 4 unspecified atom stereocenters. The van der Waals surface area contributed by atoms with Gasteiger partial charge >= 0.3 is 23.6 Å². The Labute approximate surface area is 238 Å². The van der Waals surface area contributed by atoms with Gasteiger partial charge in [0.15, 0.2) is 17.9 Å². The fourth-order valence-corrected chi connectivity index (χ4v) is 4.55. The fourth-order valence-electron chi connectivity index (χ4n) is 4.55. The fraction of sp³-hybridized carbons (Fsp3) is 0.200. The Morgan fingerprint density at radius 1 is 0.833 bits per heavy atom. The van der Waals surface area contributed by atoms with Crippen LogP contribution in [0.3, 0.4) is 0 Å². The van der Waals surface area contributed by atoms with E-state index in [-0.39, 0.29) is 16.7 Å². The first-order valence-electron chi connectivity index (χ1n) is 12.9. The summed E-state index contributed by atoms with van der Waals surface area (Å²) < 4.78 is 24.2. The molecule has 3 aromatic carbocycles. The molecule has 1 fully saturated rings. The van der Waals surface area contributed by atoms with Crippen molar-refractivity contribution in [1.82, 2.24) is 14.8 Å². The minimum atomic E-state index is -1.91. The monoisotopic (exact) mass is 571 g/mol.